The van der Waals surface area contributed by atoms with Gasteiger partial charge >= 0.3 is 0 Å². The van der Waals surface area contributed by atoms with Crippen molar-refractivity contribution in [3.05, 3.63) is 52.9 Å². The molecular weight excluding hydrogens is 366 g/mol. The maximum atomic E-state index is 12.6. The lowest BCUT2D eigenvalue weighted by atomic mass is 10.1. The Balaban J connectivity index is 1.78. The minimum Gasteiger partial charge on any atom is -0.493 e. The van der Waals surface area contributed by atoms with E-state index in [1.807, 2.05) is 29.6 Å². The zero-order chi connectivity index (χ0) is 19.4. The van der Waals surface area contributed by atoms with Gasteiger partial charge in [-0.15, -0.1) is 11.3 Å². The molecule has 0 aliphatic rings. The van der Waals surface area contributed by atoms with E-state index in [-0.39, 0.29) is 18.2 Å². The number of hydrogen-bond acceptors (Lipinski definition) is 6. The molecule has 6 nitrogen and oxygen atoms in total. The summed E-state index contributed by atoms with van der Waals surface area (Å²) >= 11 is 1.56. The number of rotatable bonds is 7. The van der Waals surface area contributed by atoms with Crippen LogP contribution in [0.1, 0.15) is 22.0 Å². The van der Waals surface area contributed by atoms with Crippen LogP contribution in [0.3, 0.4) is 0 Å². The molecule has 2 aromatic carbocycles. The second-order valence-electron chi connectivity index (χ2n) is 5.79. The molecule has 0 bridgehead atoms. The molecule has 2 N–H and O–H groups in total. The number of amides is 1. The van der Waals surface area contributed by atoms with Crippen molar-refractivity contribution in [2.45, 2.75) is 6.10 Å². The summed E-state index contributed by atoms with van der Waals surface area (Å²) in [7, 11) is 4.45. The molecule has 27 heavy (non-hydrogen) atoms. The van der Waals surface area contributed by atoms with Gasteiger partial charge < -0.3 is 24.6 Å². The Morgan fingerprint density at radius 1 is 1.07 bits per heavy atom. The van der Waals surface area contributed by atoms with Crippen molar-refractivity contribution in [1.82, 2.24) is 5.32 Å². The molecule has 0 saturated heterocycles. The van der Waals surface area contributed by atoms with Gasteiger partial charge in [0.25, 0.3) is 5.91 Å². The van der Waals surface area contributed by atoms with Crippen molar-refractivity contribution >= 4 is 27.3 Å². The van der Waals surface area contributed by atoms with Gasteiger partial charge in [0.2, 0.25) is 5.75 Å². The van der Waals surface area contributed by atoms with Crippen molar-refractivity contribution in [3.8, 4) is 17.2 Å². The molecule has 0 fully saturated rings. The van der Waals surface area contributed by atoms with Gasteiger partial charge in [0.1, 0.15) is 0 Å². The molecule has 7 heteroatoms. The highest BCUT2D eigenvalue weighted by atomic mass is 32.1. The minimum absolute atomic E-state index is 0.0804. The Hall–Kier alpha value is -2.77. The molecule has 0 aliphatic heterocycles. The average molecular weight is 387 g/mol. The summed E-state index contributed by atoms with van der Waals surface area (Å²) in [6.07, 6.45) is -0.809. The number of fused-ring (bicyclic) bond motifs is 1. The number of hydrogen-bond donors (Lipinski definition) is 2. The Morgan fingerprint density at radius 3 is 2.52 bits per heavy atom. The summed E-state index contributed by atoms with van der Waals surface area (Å²) in [4.78, 5) is 12.6. The first-order valence-electron chi connectivity index (χ1n) is 8.32. The molecule has 0 radical (unpaired) electrons. The van der Waals surface area contributed by atoms with Crippen LogP contribution >= 0.6 is 11.3 Å². The van der Waals surface area contributed by atoms with Gasteiger partial charge in [-0.1, -0.05) is 18.2 Å². The number of thiophene rings is 1. The van der Waals surface area contributed by atoms with E-state index in [1.165, 1.54) is 21.3 Å². The molecule has 1 unspecified atom stereocenters. The van der Waals surface area contributed by atoms with E-state index in [0.29, 0.717) is 17.1 Å². The zero-order valence-corrected chi connectivity index (χ0v) is 16.1. The van der Waals surface area contributed by atoms with Crippen molar-refractivity contribution in [3.63, 3.8) is 0 Å². The van der Waals surface area contributed by atoms with Crippen LogP contribution in [0.2, 0.25) is 0 Å². The molecule has 1 atom stereocenters. The summed E-state index contributed by atoms with van der Waals surface area (Å²) in [5.74, 6) is 0.726. The fraction of sp³-hybridized carbons (Fsp3) is 0.250. The van der Waals surface area contributed by atoms with E-state index in [9.17, 15) is 9.90 Å². The van der Waals surface area contributed by atoms with Crippen LogP contribution in [0.15, 0.2) is 41.8 Å². The average Bonchev–Trinajstić information content (AvgIpc) is 3.14. The Kier molecular flexibility index (Phi) is 5.83. The monoisotopic (exact) mass is 387 g/mol. The van der Waals surface area contributed by atoms with Gasteiger partial charge in [-0.05, 0) is 29.0 Å². The predicted molar refractivity (Wildman–Crippen MR) is 105 cm³/mol. The fourth-order valence-corrected chi connectivity index (χ4v) is 3.94. The number of carbonyl (C=O) groups is 1. The lowest BCUT2D eigenvalue weighted by Crippen LogP contribution is -2.28. The van der Waals surface area contributed by atoms with Gasteiger partial charge in [0, 0.05) is 16.8 Å². The molecule has 0 spiro atoms. The lowest BCUT2D eigenvalue weighted by Gasteiger charge is -2.16. The highest BCUT2D eigenvalue weighted by Crippen LogP contribution is 2.39. The van der Waals surface area contributed by atoms with Gasteiger partial charge in [0.15, 0.2) is 11.5 Å². The van der Waals surface area contributed by atoms with Crippen LogP contribution < -0.4 is 19.5 Å². The normalized spacial score (nSPS) is 11.9. The summed E-state index contributed by atoms with van der Waals surface area (Å²) in [5.41, 5.74) is 1.10. The van der Waals surface area contributed by atoms with Crippen molar-refractivity contribution in [2.24, 2.45) is 0 Å². The van der Waals surface area contributed by atoms with Gasteiger partial charge in [-0.3, -0.25) is 4.79 Å². The Bertz CT molecular complexity index is 953. The molecule has 1 heterocycles. The van der Waals surface area contributed by atoms with Crippen LogP contribution in [-0.2, 0) is 0 Å². The van der Waals surface area contributed by atoms with Crippen LogP contribution in [0.25, 0.3) is 10.1 Å². The highest BCUT2D eigenvalue weighted by Gasteiger charge is 2.21. The number of carbonyl (C=O) groups excluding carboxylic acids is 1. The van der Waals surface area contributed by atoms with E-state index in [2.05, 4.69) is 5.32 Å². The third-order valence-corrected chi connectivity index (χ3v) is 5.26. The number of aliphatic hydroxyl groups is 1. The number of nitrogens with one attached hydrogen (secondary N) is 1. The lowest BCUT2D eigenvalue weighted by molar-refractivity contribution is 0.0913. The second kappa shape index (κ2) is 8.28. The summed E-state index contributed by atoms with van der Waals surface area (Å²) in [6, 6.07) is 11.1. The summed E-state index contributed by atoms with van der Waals surface area (Å²) in [5, 5.41) is 16.2. The SMILES string of the molecule is COc1ccc(C(=O)NCC(O)c2csc3ccccc23)c(OC)c1OC. The predicted octanol–water partition coefficient (Wildman–Crippen LogP) is 3.39. The van der Waals surface area contributed by atoms with E-state index >= 15 is 0 Å². The van der Waals surface area contributed by atoms with Gasteiger partial charge in [-0.25, -0.2) is 0 Å². The molecule has 142 valence electrons. The zero-order valence-electron chi connectivity index (χ0n) is 15.3. The maximum Gasteiger partial charge on any atom is 0.255 e. The standard InChI is InChI=1S/C20H21NO5S/c1-24-16-9-8-13(18(25-2)19(16)26-3)20(23)21-10-15(22)14-11-27-17-7-5-4-6-12(14)17/h4-9,11,15,22H,10H2,1-3H3,(H,21,23). The first-order chi connectivity index (χ1) is 13.1. The summed E-state index contributed by atoms with van der Waals surface area (Å²) < 4.78 is 17.0. The fourth-order valence-electron chi connectivity index (χ4n) is 2.93. The second-order valence-corrected chi connectivity index (χ2v) is 6.71. The molecular formula is C20H21NO5S. The smallest absolute Gasteiger partial charge is 0.255 e. The number of ether oxygens (including phenoxy) is 3. The number of benzene rings is 2. The van der Waals surface area contributed by atoms with Crippen LogP contribution in [-0.4, -0.2) is 38.9 Å². The first-order valence-corrected chi connectivity index (χ1v) is 9.20. The van der Waals surface area contributed by atoms with Gasteiger partial charge in [0.05, 0.1) is 33.0 Å². The molecule has 0 aliphatic carbocycles. The Morgan fingerprint density at radius 2 is 1.81 bits per heavy atom. The molecule has 3 aromatic rings. The topological polar surface area (TPSA) is 77.0 Å². The van der Waals surface area contributed by atoms with E-state index in [1.54, 1.807) is 23.5 Å². The van der Waals surface area contributed by atoms with Crippen molar-refractivity contribution in [2.75, 3.05) is 27.9 Å². The van der Waals surface area contributed by atoms with Crippen LogP contribution in [0.4, 0.5) is 0 Å². The molecule has 1 amide bonds. The van der Waals surface area contributed by atoms with E-state index in [0.717, 1.165) is 15.6 Å². The number of methoxy groups -OCH3 is 3. The van der Waals surface area contributed by atoms with E-state index in [4.69, 9.17) is 14.2 Å². The highest BCUT2D eigenvalue weighted by molar-refractivity contribution is 7.17. The minimum atomic E-state index is -0.809. The molecule has 3 rings (SSSR count). The van der Waals surface area contributed by atoms with E-state index < -0.39 is 6.10 Å². The van der Waals surface area contributed by atoms with Crippen LogP contribution in [0.5, 0.6) is 17.2 Å². The number of aliphatic hydroxyl groups excluding tert-OH is 1. The molecule has 0 saturated carbocycles. The third-order valence-electron chi connectivity index (χ3n) is 4.27. The van der Waals surface area contributed by atoms with Crippen molar-refractivity contribution < 1.29 is 24.1 Å². The van der Waals surface area contributed by atoms with Gasteiger partial charge in [-0.2, -0.15) is 0 Å². The Labute approximate surface area is 161 Å². The maximum absolute atomic E-state index is 12.6. The largest absolute Gasteiger partial charge is 0.493 e. The summed E-state index contributed by atoms with van der Waals surface area (Å²) in [6.45, 7) is 0.0804. The molecule has 1 aromatic heterocycles. The van der Waals surface area contributed by atoms with Crippen LogP contribution in [0, 0.1) is 0 Å². The quantitative estimate of drug-likeness (QED) is 0.650. The third kappa shape index (κ3) is 3.70. The first kappa shape index (κ1) is 19.0. The van der Waals surface area contributed by atoms with Crippen molar-refractivity contribution in [1.29, 1.82) is 0 Å².